The van der Waals surface area contributed by atoms with Crippen molar-refractivity contribution >= 4 is 11.5 Å². The molecule has 8 heteroatoms. The summed E-state index contributed by atoms with van der Waals surface area (Å²) in [5.41, 5.74) is -0.144. The normalized spacial score (nSPS) is 10.3. The lowest BCUT2D eigenvalue weighted by molar-refractivity contribution is -0.385. The van der Waals surface area contributed by atoms with Crippen LogP contribution in [0.25, 0.3) is 5.78 Å². The van der Waals surface area contributed by atoms with Crippen molar-refractivity contribution in [2.75, 3.05) is 0 Å². The molecule has 60 valence electrons. The Morgan fingerprint density at radius 2 is 2.42 bits per heavy atom. The zero-order chi connectivity index (χ0) is 8.55. The van der Waals surface area contributed by atoms with Crippen LogP contribution in [0.15, 0.2) is 12.4 Å². The average Bonchev–Trinajstić information content (AvgIpc) is 2.49. The van der Waals surface area contributed by atoms with Crippen molar-refractivity contribution in [3.05, 3.63) is 22.5 Å². The first-order valence-corrected chi connectivity index (χ1v) is 2.95. The van der Waals surface area contributed by atoms with Crippen LogP contribution in [-0.4, -0.2) is 29.9 Å². The van der Waals surface area contributed by atoms with Gasteiger partial charge in [-0.2, -0.15) is 4.52 Å². The number of aromatic nitrogens is 5. The molecule has 8 nitrogen and oxygen atoms in total. The topological polar surface area (TPSA) is 99.1 Å². The minimum atomic E-state index is -0.561. The van der Waals surface area contributed by atoms with Crippen molar-refractivity contribution < 1.29 is 4.92 Å². The van der Waals surface area contributed by atoms with Gasteiger partial charge >= 0.3 is 5.69 Å². The first-order chi connectivity index (χ1) is 5.77. The highest BCUT2D eigenvalue weighted by Gasteiger charge is 2.07. The molecule has 0 atom stereocenters. The molecule has 0 saturated carbocycles. The molecule has 2 aromatic heterocycles. The summed E-state index contributed by atoms with van der Waals surface area (Å²) < 4.78 is 1.14. The number of hydrogen-bond donors (Lipinski definition) is 0. The van der Waals surface area contributed by atoms with Gasteiger partial charge in [0.2, 0.25) is 0 Å². The Balaban J connectivity index is 2.68. The third kappa shape index (κ3) is 0.856. The smallest absolute Gasteiger partial charge is 0.258 e. The van der Waals surface area contributed by atoms with Gasteiger partial charge < -0.3 is 0 Å². The summed E-state index contributed by atoms with van der Waals surface area (Å²) in [5, 5.41) is 20.5. The third-order valence-electron chi connectivity index (χ3n) is 1.25. The molecule has 0 N–H and O–H groups in total. The molecule has 0 aliphatic carbocycles. The van der Waals surface area contributed by atoms with E-state index in [4.69, 9.17) is 0 Å². The van der Waals surface area contributed by atoms with E-state index in [1.54, 1.807) is 0 Å². The van der Waals surface area contributed by atoms with Crippen molar-refractivity contribution in [3.63, 3.8) is 0 Å². The van der Waals surface area contributed by atoms with Gasteiger partial charge in [0.1, 0.15) is 12.4 Å². The molecular formula is C4H2N6O2. The van der Waals surface area contributed by atoms with Crippen LogP contribution < -0.4 is 0 Å². The number of hydrogen-bond acceptors (Lipinski definition) is 6. The van der Waals surface area contributed by atoms with Crippen LogP contribution in [0.4, 0.5) is 5.69 Å². The molecular weight excluding hydrogens is 164 g/mol. The van der Waals surface area contributed by atoms with E-state index in [0.717, 1.165) is 10.7 Å². The lowest BCUT2D eigenvalue weighted by atomic mass is 10.6. The van der Waals surface area contributed by atoms with E-state index in [0.29, 0.717) is 0 Å². The molecule has 2 aromatic rings. The second-order valence-corrected chi connectivity index (χ2v) is 1.99. The van der Waals surface area contributed by atoms with Crippen molar-refractivity contribution in [3.8, 4) is 0 Å². The van der Waals surface area contributed by atoms with Crippen LogP contribution >= 0.6 is 0 Å². The van der Waals surface area contributed by atoms with Crippen LogP contribution in [-0.2, 0) is 0 Å². The molecule has 0 aliphatic heterocycles. The van der Waals surface area contributed by atoms with E-state index in [1.807, 2.05) is 0 Å². The number of rotatable bonds is 1. The molecule has 2 rings (SSSR count). The van der Waals surface area contributed by atoms with Gasteiger partial charge in [0.15, 0.2) is 0 Å². The Bertz CT molecular complexity index is 436. The fourth-order valence-corrected chi connectivity index (χ4v) is 0.734. The zero-order valence-electron chi connectivity index (χ0n) is 5.65. The van der Waals surface area contributed by atoms with E-state index < -0.39 is 4.92 Å². The molecule has 0 bridgehead atoms. The summed E-state index contributed by atoms with van der Waals surface area (Å²) in [5.74, 6) is 0.237. The van der Waals surface area contributed by atoms with Crippen LogP contribution in [0.1, 0.15) is 0 Å². The first kappa shape index (κ1) is 6.58. The summed E-state index contributed by atoms with van der Waals surface area (Å²) in [7, 11) is 0. The minimum Gasteiger partial charge on any atom is -0.258 e. The van der Waals surface area contributed by atoms with Gasteiger partial charge in [-0.15, -0.1) is 0 Å². The fraction of sp³-hybridized carbons (Fsp3) is 0. The second kappa shape index (κ2) is 2.19. The Hall–Kier alpha value is -2.12. The van der Waals surface area contributed by atoms with Gasteiger partial charge in [-0.3, -0.25) is 10.1 Å². The summed E-state index contributed by atoms with van der Waals surface area (Å²) in [6.07, 6.45) is 2.30. The SMILES string of the molecule is O=[N+]([O-])c1cnc2nnnn2c1. The van der Waals surface area contributed by atoms with Gasteiger partial charge in [0, 0.05) is 0 Å². The maximum Gasteiger partial charge on any atom is 0.305 e. The average molecular weight is 166 g/mol. The lowest BCUT2D eigenvalue weighted by Crippen LogP contribution is -1.95. The summed E-state index contributed by atoms with van der Waals surface area (Å²) in [6, 6.07) is 0. The van der Waals surface area contributed by atoms with Crippen molar-refractivity contribution in [1.82, 2.24) is 25.0 Å². The Morgan fingerprint density at radius 1 is 1.58 bits per heavy atom. The van der Waals surface area contributed by atoms with Gasteiger partial charge in [0.05, 0.1) is 4.92 Å². The second-order valence-electron chi connectivity index (χ2n) is 1.99. The van der Waals surface area contributed by atoms with Gasteiger partial charge in [-0.25, -0.2) is 4.98 Å². The molecule has 12 heavy (non-hydrogen) atoms. The third-order valence-corrected chi connectivity index (χ3v) is 1.25. The number of nitro groups is 1. The van der Waals surface area contributed by atoms with E-state index in [2.05, 4.69) is 20.5 Å². The van der Waals surface area contributed by atoms with E-state index in [-0.39, 0.29) is 11.5 Å². The van der Waals surface area contributed by atoms with Crippen molar-refractivity contribution in [1.29, 1.82) is 0 Å². The van der Waals surface area contributed by atoms with Crippen LogP contribution in [0, 0.1) is 10.1 Å². The predicted molar refractivity (Wildman–Crippen MR) is 35.2 cm³/mol. The van der Waals surface area contributed by atoms with Crippen LogP contribution in [0.5, 0.6) is 0 Å². The maximum absolute atomic E-state index is 10.3. The molecule has 0 saturated heterocycles. The van der Waals surface area contributed by atoms with Gasteiger partial charge in [-0.1, -0.05) is 5.10 Å². The maximum atomic E-state index is 10.3. The molecule has 0 radical (unpaired) electrons. The highest BCUT2D eigenvalue weighted by atomic mass is 16.6. The molecule has 0 aromatic carbocycles. The standard InChI is InChI=1S/C4H2N6O2/c11-10(12)3-1-5-4-6-7-8-9(4)2-3/h1-2H. The molecule has 0 unspecified atom stereocenters. The minimum absolute atomic E-state index is 0.144. The summed E-state index contributed by atoms with van der Waals surface area (Å²) in [4.78, 5) is 13.3. The zero-order valence-corrected chi connectivity index (χ0v) is 5.65. The lowest BCUT2D eigenvalue weighted by Gasteiger charge is -1.88. The molecule has 0 fully saturated rings. The monoisotopic (exact) mass is 166 g/mol. The molecule has 0 spiro atoms. The van der Waals surface area contributed by atoms with Crippen LogP contribution in [0.3, 0.4) is 0 Å². The molecule has 2 heterocycles. The Labute approximate surface area is 65.0 Å². The fourth-order valence-electron chi connectivity index (χ4n) is 0.734. The van der Waals surface area contributed by atoms with Crippen molar-refractivity contribution in [2.45, 2.75) is 0 Å². The highest BCUT2D eigenvalue weighted by molar-refractivity contribution is 5.30. The number of nitrogens with zero attached hydrogens (tertiary/aromatic N) is 6. The van der Waals surface area contributed by atoms with Crippen LogP contribution in [0.2, 0.25) is 0 Å². The number of tetrazole rings is 1. The highest BCUT2D eigenvalue weighted by Crippen LogP contribution is 2.06. The van der Waals surface area contributed by atoms with E-state index >= 15 is 0 Å². The van der Waals surface area contributed by atoms with Crippen molar-refractivity contribution in [2.24, 2.45) is 0 Å². The first-order valence-electron chi connectivity index (χ1n) is 2.95. The Kier molecular flexibility index (Phi) is 1.20. The van der Waals surface area contributed by atoms with Gasteiger partial charge in [-0.05, 0) is 10.4 Å². The van der Waals surface area contributed by atoms with E-state index in [9.17, 15) is 10.1 Å². The van der Waals surface area contributed by atoms with Gasteiger partial charge in [0.25, 0.3) is 5.78 Å². The Morgan fingerprint density at radius 3 is 3.17 bits per heavy atom. The molecule has 0 aliphatic rings. The largest absolute Gasteiger partial charge is 0.305 e. The number of fused-ring (bicyclic) bond motifs is 1. The quantitative estimate of drug-likeness (QED) is 0.415. The summed E-state index contributed by atoms with van der Waals surface area (Å²) in [6.45, 7) is 0. The molecule has 0 amide bonds. The van der Waals surface area contributed by atoms with E-state index in [1.165, 1.54) is 6.20 Å². The predicted octanol–water partition coefficient (Wildman–Crippen LogP) is -0.573. The summed E-state index contributed by atoms with van der Waals surface area (Å²) >= 11 is 0.